The average molecular weight is 383 g/mol. The Morgan fingerprint density at radius 3 is 2.64 bits per heavy atom. The van der Waals surface area contributed by atoms with Gasteiger partial charge in [-0.05, 0) is 55.9 Å². The molecule has 0 unspecified atom stereocenters. The lowest BCUT2D eigenvalue weighted by Crippen LogP contribution is -2.45. The maximum absolute atomic E-state index is 13.4. The molecule has 0 bridgehead atoms. The van der Waals surface area contributed by atoms with Crippen LogP contribution in [0.3, 0.4) is 0 Å². The number of carbonyl (C=O) groups excluding carboxylic acids is 1. The van der Waals surface area contributed by atoms with Crippen molar-refractivity contribution in [1.29, 1.82) is 0 Å². The normalized spacial score (nSPS) is 17.4. The summed E-state index contributed by atoms with van der Waals surface area (Å²) in [5, 5.41) is 0. The van der Waals surface area contributed by atoms with Crippen molar-refractivity contribution in [3.05, 3.63) is 54.0 Å². The molecule has 2 fully saturated rings. The van der Waals surface area contributed by atoms with Gasteiger partial charge in [-0.15, -0.1) is 0 Å². The minimum absolute atomic E-state index is 0.0227. The Morgan fingerprint density at radius 2 is 2.00 bits per heavy atom. The molecule has 2 heterocycles. The number of hydrogen-bond donors (Lipinski definition) is 0. The molecule has 1 saturated heterocycles. The van der Waals surface area contributed by atoms with Gasteiger partial charge in [0.05, 0.1) is 12.2 Å². The number of anilines is 1. The minimum Gasteiger partial charge on any atom is -0.477 e. The summed E-state index contributed by atoms with van der Waals surface area (Å²) in [7, 11) is 1.85. The van der Waals surface area contributed by atoms with Crippen molar-refractivity contribution in [2.24, 2.45) is 5.92 Å². The lowest BCUT2D eigenvalue weighted by Gasteiger charge is -2.37. The summed E-state index contributed by atoms with van der Waals surface area (Å²) in [4.78, 5) is 21.1. The van der Waals surface area contributed by atoms with Crippen LogP contribution in [0, 0.1) is 11.7 Å². The van der Waals surface area contributed by atoms with E-state index in [4.69, 9.17) is 4.74 Å². The molecule has 28 heavy (non-hydrogen) atoms. The van der Waals surface area contributed by atoms with E-state index in [-0.39, 0.29) is 17.8 Å². The number of halogens is 1. The number of ether oxygens (including phenoxy) is 1. The first-order chi connectivity index (χ1) is 13.6. The first-order valence-corrected chi connectivity index (χ1v) is 9.96. The van der Waals surface area contributed by atoms with Crippen LogP contribution in [-0.4, -0.2) is 48.6 Å². The van der Waals surface area contributed by atoms with Crippen LogP contribution in [0.2, 0.25) is 0 Å². The second-order valence-electron chi connectivity index (χ2n) is 7.75. The molecule has 4 rings (SSSR count). The summed E-state index contributed by atoms with van der Waals surface area (Å²) < 4.78 is 19.1. The molecule has 0 spiro atoms. The van der Waals surface area contributed by atoms with E-state index in [2.05, 4.69) is 9.88 Å². The lowest BCUT2D eigenvalue weighted by atomic mass is 10.0. The third kappa shape index (κ3) is 4.43. The van der Waals surface area contributed by atoms with Crippen molar-refractivity contribution >= 4 is 11.6 Å². The van der Waals surface area contributed by atoms with Crippen LogP contribution in [0.1, 0.15) is 36.0 Å². The van der Waals surface area contributed by atoms with E-state index in [9.17, 15) is 9.18 Å². The van der Waals surface area contributed by atoms with Crippen molar-refractivity contribution in [1.82, 2.24) is 9.88 Å². The third-order valence-electron chi connectivity index (χ3n) is 5.65. The van der Waals surface area contributed by atoms with Gasteiger partial charge in [-0.2, -0.15) is 0 Å². The quantitative estimate of drug-likeness (QED) is 0.762. The number of pyridine rings is 1. The Balaban J connectivity index is 1.31. The fourth-order valence-electron chi connectivity index (χ4n) is 3.63. The van der Waals surface area contributed by atoms with E-state index in [0.29, 0.717) is 24.0 Å². The van der Waals surface area contributed by atoms with Crippen molar-refractivity contribution in [3.8, 4) is 5.88 Å². The second-order valence-corrected chi connectivity index (χ2v) is 7.75. The van der Waals surface area contributed by atoms with Crippen molar-refractivity contribution < 1.29 is 13.9 Å². The smallest absolute Gasteiger partial charge is 0.255 e. The van der Waals surface area contributed by atoms with Gasteiger partial charge < -0.3 is 14.5 Å². The second kappa shape index (κ2) is 8.17. The van der Waals surface area contributed by atoms with Gasteiger partial charge in [0.25, 0.3) is 5.91 Å². The zero-order valence-corrected chi connectivity index (χ0v) is 16.2. The van der Waals surface area contributed by atoms with E-state index in [0.717, 1.165) is 31.6 Å². The molecule has 1 saturated carbocycles. The predicted octanol–water partition coefficient (Wildman–Crippen LogP) is 3.75. The van der Waals surface area contributed by atoms with Crippen LogP contribution in [0.4, 0.5) is 10.1 Å². The van der Waals surface area contributed by atoms with Gasteiger partial charge in [-0.25, -0.2) is 9.37 Å². The molecule has 0 N–H and O–H groups in total. The van der Waals surface area contributed by atoms with Crippen molar-refractivity contribution in [2.45, 2.75) is 31.7 Å². The number of carbonyl (C=O) groups is 1. The van der Waals surface area contributed by atoms with Gasteiger partial charge in [-0.3, -0.25) is 4.79 Å². The minimum atomic E-state index is -0.219. The van der Waals surface area contributed by atoms with Crippen molar-refractivity contribution in [2.75, 3.05) is 31.6 Å². The Kier molecular flexibility index (Phi) is 5.46. The van der Waals surface area contributed by atoms with Crippen LogP contribution in [0.5, 0.6) is 5.88 Å². The summed E-state index contributed by atoms with van der Waals surface area (Å²) in [6.07, 6.45) is 5.78. The highest BCUT2D eigenvalue weighted by Crippen LogP contribution is 2.29. The Bertz CT molecular complexity index is 815. The van der Waals surface area contributed by atoms with Crippen LogP contribution in [0.15, 0.2) is 42.6 Å². The molecule has 6 heteroatoms. The summed E-state index contributed by atoms with van der Waals surface area (Å²) >= 11 is 0. The molecule has 1 aromatic heterocycles. The number of nitrogens with zero attached hydrogens (tertiary/aromatic N) is 3. The standard InChI is InChI=1S/C22H26FN3O2/c1-25(19-9-11-26(12-10-19)20-4-2-3-18(23)13-20)22(27)17-7-8-21(24-14-17)28-15-16-5-6-16/h2-4,7-8,13-14,16,19H,5-6,9-12,15H2,1H3. The summed E-state index contributed by atoms with van der Waals surface area (Å²) in [6.45, 7) is 2.32. The lowest BCUT2D eigenvalue weighted by molar-refractivity contribution is 0.0708. The topological polar surface area (TPSA) is 45.7 Å². The van der Waals surface area contributed by atoms with Gasteiger partial charge in [0.1, 0.15) is 5.82 Å². The maximum Gasteiger partial charge on any atom is 0.255 e. The predicted molar refractivity (Wildman–Crippen MR) is 106 cm³/mol. The Morgan fingerprint density at radius 1 is 1.21 bits per heavy atom. The number of aromatic nitrogens is 1. The van der Waals surface area contributed by atoms with Crippen LogP contribution >= 0.6 is 0 Å². The molecule has 1 amide bonds. The molecule has 1 aliphatic carbocycles. The van der Waals surface area contributed by atoms with Gasteiger partial charge in [0, 0.05) is 44.1 Å². The SMILES string of the molecule is CN(C(=O)c1ccc(OCC2CC2)nc1)C1CCN(c2cccc(F)c2)CC1. The number of amides is 1. The monoisotopic (exact) mass is 383 g/mol. The van der Waals surface area contributed by atoms with Crippen molar-refractivity contribution in [3.63, 3.8) is 0 Å². The Labute approximate surface area is 165 Å². The fourth-order valence-corrected chi connectivity index (χ4v) is 3.63. The highest BCUT2D eigenvalue weighted by atomic mass is 19.1. The van der Waals surface area contributed by atoms with Crippen LogP contribution in [-0.2, 0) is 0 Å². The highest BCUT2D eigenvalue weighted by Gasteiger charge is 2.27. The van der Waals surface area contributed by atoms with Crippen LogP contribution < -0.4 is 9.64 Å². The Hall–Kier alpha value is -2.63. The molecule has 0 atom stereocenters. The first-order valence-electron chi connectivity index (χ1n) is 9.96. The third-order valence-corrected chi connectivity index (χ3v) is 5.65. The largest absolute Gasteiger partial charge is 0.477 e. The zero-order chi connectivity index (χ0) is 19.5. The molecule has 5 nitrogen and oxygen atoms in total. The highest BCUT2D eigenvalue weighted by molar-refractivity contribution is 5.94. The molecule has 2 aromatic rings. The van der Waals surface area contributed by atoms with E-state index in [1.807, 2.05) is 18.0 Å². The molecule has 2 aliphatic rings. The van der Waals surface area contributed by atoms with Gasteiger partial charge in [0.2, 0.25) is 5.88 Å². The van der Waals surface area contributed by atoms with Gasteiger partial charge in [-0.1, -0.05) is 6.07 Å². The molecular formula is C22H26FN3O2. The molecule has 0 radical (unpaired) electrons. The number of piperidine rings is 1. The first kappa shape index (κ1) is 18.7. The summed E-state index contributed by atoms with van der Waals surface area (Å²) in [5.41, 5.74) is 1.48. The fraction of sp³-hybridized carbons (Fsp3) is 0.455. The molecule has 1 aliphatic heterocycles. The zero-order valence-electron chi connectivity index (χ0n) is 16.2. The average Bonchev–Trinajstić information content (AvgIpc) is 3.56. The summed E-state index contributed by atoms with van der Waals surface area (Å²) in [6, 6.07) is 10.4. The van der Waals surface area contributed by atoms with E-state index >= 15 is 0 Å². The van der Waals surface area contributed by atoms with E-state index in [1.165, 1.54) is 18.9 Å². The summed E-state index contributed by atoms with van der Waals surface area (Å²) in [5.74, 6) is 1.01. The van der Waals surface area contributed by atoms with E-state index < -0.39 is 0 Å². The molecule has 1 aromatic carbocycles. The molecule has 148 valence electrons. The molecular weight excluding hydrogens is 357 g/mol. The van der Waals surface area contributed by atoms with Gasteiger partial charge >= 0.3 is 0 Å². The number of benzene rings is 1. The number of rotatable bonds is 6. The number of hydrogen-bond acceptors (Lipinski definition) is 4. The van der Waals surface area contributed by atoms with Crippen LogP contribution in [0.25, 0.3) is 0 Å². The van der Waals surface area contributed by atoms with E-state index in [1.54, 1.807) is 30.5 Å². The van der Waals surface area contributed by atoms with Gasteiger partial charge in [0.15, 0.2) is 0 Å². The maximum atomic E-state index is 13.4.